The predicted octanol–water partition coefficient (Wildman–Crippen LogP) is 5.74. The monoisotopic (exact) mass is 362 g/mol. The van der Waals surface area contributed by atoms with Crippen molar-refractivity contribution < 1.29 is 8.85 Å². The van der Waals surface area contributed by atoms with Crippen molar-refractivity contribution >= 4 is 25.4 Å². The second kappa shape index (κ2) is 9.16. The van der Waals surface area contributed by atoms with E-state index in [9.17, 15) is 0 Å². The van der Waals surface area contributed by atoms with Gasteiger partial charge in [0, 0.05) is 5.73 Å². The molecule has 0 aliphatic carbocycles. The highest BCUT2D eigenvalue weighted by Gasteiger charge is 2.48. The molecule has 0 aliphatic heterocycles. The van der Waals surface area contributed by atoms with E-state index in [2.05, 4.69) is 67.0 Å². The fraction of sp³-hybridized carbons (Fsp3) is 1.00. The Labute approximate surface area is 144 Å². The summed E-state index contributed by atoms with van der Waals surface area (Å²) in [5, 5.41) is -0.0456. The summed E-state index contributed by atoms with van der Waals surface area (Å²) >= 11 is 0. The number of rotatable bonds is 11. The minimum absolute atomic E-state index is 0.0456. The molecule has 0 fully saturated rings. The van der Waals surface area contributed by atoms with Crippen LogP contribution < -0.4 is 0 Å². The lowest BCUT2D eigenvalue weighted by atomic mass is 10.3. The first-order valence-corrected chi connectivity index (χ1v) is 18.3. The van der Waals surface area contributed by atoms with E-state index in [0.29, 0.717) is 5.73 Å². The van der Waals surface area contributed by atoms with Gasteiger partial charge in [0.25, 0.3) is 0 Å². The first-order chi connectivity index (χ1) is 9.95. The summed E-state index contributed by atoms with van der Waals surface area (Å²) in [6.45, 7) is 23.5. The van der Waals surface area contributed by atoms with E-state index in [-0.39, 0.29) is 5.22 Å². The van der Waals surface area contributed by atoms with Gasteiger partial charge in [0.1, 0.15) is 0 Å². The van der Waals surface area contributed by atoms with Crippen LogP contribution in [0.25, 0.3) is 0 Å². The maximum Gasteiger partial charge on any atom is 0.216 e. The maximum atomic E-state index is 6.90. The summed E-state index contributed by atoms with van der Waals surface area (Å²) in [4.78, 5) is 0. The standard InChI is InChI=1S/C17H42O2Si3/c1-11-14-15-21(7,8)16(12-2)18-22(9,10)17(4,13-3)19-20(5)6/h16,20H,11-15H2,1-10H3. The summed E-state index contributed by atoms with van der Waals surface area (Å²) in [5.74, 6) is 0. The van der Waals surface area contributed by atoms with Crippen LogP contribution in [0.2, 0.25) is 45.3 Å². The van der Waals surface area contributed by atoms with Gasteiger partial charge in [0.15, 0.2) is 9.04 Å². The molecule has 0 amide bonds. The molecular formula is C17H42O2Si3. The molecule has 0 bridgehead atoms. The van der Waals surface area contributed by atoms with Crippen molar-refractivity contribution in [3.8, 4) is 0 Å². The molecule has 2 unspecified atom stereocenters. The van der Waals surface area contributed by atoms with Crippen LogP contribution in [0.3, 0.4) is 0 Å². The van der Waals surface area contributed by atoms with E-state index >= 15 is 0 Å². The Hall–Kier alpha value is 0.571. The molecule has 0 heterocycles. The molecule has 2 atom stereocenters. The maximum absolute atomic E-state index is 6.90. The van der Waals surface area contributed by atoms with Gasteiger partial charge in [-0.15, -0.1) is 0 Å². The molecule has 0 spiro atoms. The van der Waals surface area contributed by atoms with E-state index in [1.54, 1.807) is 0 Å². The minimum Gasteiger partial charge on any atom is -0.415 e. The third-order valence-electron chi connectivity index (χ3n) is 5.30. The summed E-state index contributed by atoms with van der Waals surface area (Å²) < 4.78 is 13.4. The van der Waals surface area contributed by atoms with Gasteiger partial charge in [-0.3, -0.25) is 0 Å². The summed E-state index contributed by atoms with van der Waals surface area (Å²) in [6, 6.07) is 1.38. The van der Waals surface area contributed by atoms with Crippen LogP contribution in [-0.2, 0) is 8.85 Å². The van der Waals surface area contributed by atoms with E-state index < -0.39 is 25.4 Å². The molecule has 0 aromatic rings. The second-order valence-electron chi connectivity index (χ2n) is 8.37. The molecule has 0 saturated carbocycles. The van der Waals surface area contributed by atoms with Gasteiger partial charge >= 0.3 is 0 Å². The third kappa shape index (κ3) is 6.23. The van der Waals surface area contributed by atoms with E-state index in [1.165, 1.54) is 18.9 Å². The Morgan fingerprint density at radius 1 is 1.05 bits per heavy atom. The van der Waals surface area contributed by atoms with Gasteiger partial charge in [0.05, 0.1) is 13.3 Å². The first kappa shape index (κ1) is 22.6. The van der Waals surface area contributed by atoms with Crippen LogP contribution in [0.5, 0.6) is 0 Å². The topological polar surface area (TPSA) is 18.5 Å². The highest BCUT2D eigenvalue weighted by Crippen LogP contribution is 2.34. The van der Waals surface area contributed by atoms with Crippen LogP contribution >= 0.6 is 0 Å². The zero-order valence-electron chi connectivity index (χ0n) is 17.0. The minimum atomic E-state index is -1.91. The predicted molar refractivity (Wildman–Crippen MR) is 109 cm³/mol. The second-order valence-corrected chi connectivity index (χ2v) is 20.1. The van der Waals surface area contributed by atoms with E-state index in [0.717, 1.165) is 12.8 Å². The average molecular weight is 363 g/mol. The summed E-state index contributed by atoms with van der Waals surface area (Å²) in [7, 11) is -4.29. The van der Waals surface area contributed by atoms with Gasteiger partial charge in [-0.2, -0.15) is 0 Å². The van der Waals surface area contributed by atoms with Crippen LogP contribution in [-0.4, -0.2) is 36.4 Å². The van der Waals surface area contributed by atoms with Gasteiger partial charge in [-0.25, -0.2) is 0 Å². The summed E-state index contributed by atoms with van der Waals surface area (Å²) in [5.41, 5.74) is 0.476. The first-order valence-electron chi connectivity index (χ1n) is 9.31. The normalized spacial score (nSPS) is 17.6. The summed E-state index contributed by atoms with van der Waals surface area (Å²) in [6.07, 6.45) is 4.85. The molecule has 0 aliphatic rings. The molecule has 0 radical (unpaired) electrons. The Morgan fingerprint density at radius 3 is 1.95 bits per heavy atom. The van der Waals surface area contributed by atoms with Crippen LogP contribution in [0.1, 0.15) is 53.4 Å². The van der Waals surface area contributed by atoms with Gasteiger partial charge in [-0.05, 0) is 46.0 Å². The fourth-order valence-electron chi connectivity index (χ4n) is 3.24. The number of hydrogen-bond acceptors (Lipinski definition) is 2. The molecule has 0 aromatic carbocycles. The highest BCUT2D eigenvalue weighted by molar-refractivity contribution is 6.81. The van der Waals surface area contributed by atoms with Crippen molar-refractivity contribution in [2.45, 2.75) is 110 Å². The molecule has 0 saturated heterocycles. The SMILES string of the molecule is CCCC[Si](C)(C)C(CC)O[Si](C)(C)C(C)(CC)O[SiH](C)C. The lowest BCUT2D eigenvalue weighted by Gasteiger charge is -2.47. The van der Waals surface area contributed by atoms with Gasteiger partial charge in [0.2, 0.25) is 8.32 Å². The lowest BCUT2D eigenvalue weighted by molar-refractivity contribution is 0.114. The van der Waals surface area contributed by atoms with Crippen molar-refractivity contribution in [1.82, 2.24) is 0 Å². The van der Waals surface area contributed by atoms with E-state index in [1.807, 2.05) is 0 Å². The molecule has 0 aromatic heterocycles. The molecule has 5 heteroatoms. The van der Waals surface area contributed by atoms with E-state index in [4.69, 9.17) is 8.85 Å². The van der Waals surface area contributed by atoms with Crippen molar-refractivity contribution in [1.29, 1.82) is 0 Å². The molecule has 22 heavy (non-hydrogen) atoms. The average Bonchev–Trinajstić information content (AvgIpc) is 2.41. The van der Waals surface area contributed by atoms with Crippen LogP contribution in [0.4, 0.5) is 0 Å². The largest absolute Gasteiger partial charge is 0.415 e. The number of unbranched alkanes of at least 4 members (excludes halogenated alkanes) is 1. The van der Waals surface area contributed by atoms with Crippen molar-refractivity contribution in [3.05, 3.63) is 0 Å². The fourth-order valence-corrected chi connectivity index (χ4v) is 13.1. The Balaban J connectivity index is 5.18. The Bertz CT molecular complexity index is 319. The number of hydrogen-bond donors (Lipinski definition) is 0. The van der Waals surface area contributed by atoms with Crippen molar-refractivity contribution in [3.63, 3.8) is 0 Å². The Kier molecular flexibility index (Phi) is 9.40. The van der Waals surface area contributed by atoms with Gasteiger partial charge in [-0.1, -0.05) is 52.8 Å². The quantitative estimate of drug-likeness (QED) is 0.436. The molecule has 0 N–H and O–H groups in total. The van der Waals surface area contributed by atoms with Crippen molar-refractivity contribution in [2.24, 2.45) is 0 Å². The third-order valence-corrected chi connectivity index (χ3v) is 14.6. The van der Waals surface area contributed by atoms with Crippen LogP contribution in [0.15, 0.2) is 0 Å². The van der Waals surface area contributed by atoms with Crippen LogP contribution in [0, 0.1) is 0 Å². The van der Waals surface area contributed by atoms with Crippen molar-refractivity contribution in [2.75, 3.05) is 0 Å². The molecule has 0 rings (SSSR count). The molecule has 134 valence electrons. The lowest BCUT2D eigenvalue weighted by Crippen LogP contribution is -2.61. The Morgan fingerprint density at radius 2 is 1.59 bits per heavy atom. The zero-order chi connectivity index (χ0) is 17.6. The smallest absolute Gasteiger partial charge is 0.216 e. The molecular weight excluding hydrogens is 320 g/mol. The molecule has 2 nitrogen and oxygen atoms in total. The zero-order valence-corrected chi connectivity index (χ0v) is 20.2. The van der Waals surface area contributed by atoms with Gasteiger partial charge < -0.3 is 8.85 Å². The highest BCUT2D eigenvalue weighted by atomic mass is 28.4.